The van der Waals surface area contributed by atoms with Gasteiger partial charge in [0.2, 0.25) is 0 Å². The van der Waals surface area contributed by atoms with Crippen LogP contribution in [0.1, 0.15) is 13.3 Å². The van der Waals surface area contributed by atoms with E-state index in [1.165, 1.54) is 0 Å². The lowest BCUT2D eigenvalue weighted by Gasteiger charge is -2.15. The summed E-state index contributed by atoms with van der Waals surface area (Å²) >= 11 is 0. The lowest BCUT2D eigenvalue weighted by Crippen LogP contribution is -2.36. The van der Waals surface area contributed by atoms with Gasteiger partial charge in [-0.2, -0.15) is 0 Å². The summed E-state index contributed by atoms with van der Waals surface area (Å²) in [5.41, 5.74) is 2.93. The number of carbonyl (C=O) groups is 1. The van der Waals surface area contributed by atoms with Crippen molar-refractivity contribution < 1.29 is 9.90 Å². The summed E-state index contributed by atoms with van der Waals surface area (Å²) in [6.45, 7) is 2.37. The first-order valence-corrected chi connectivity index (χ1v) is 3.71. The van der Waals surface area contributed by atoms with Crippen LogP contribution < -0.4 is 5.43 Å². The number of hydrazine groups is 1. The van der Waals surface area contributed by atoms with Crippen LogP contribution in [0.25, 0.3) is 0 Å². The van der Waals surface area contributed by atoms with E-state index in [0.717, 1.165) is 0 Å². The predicted octanol–water partition coefficient (Wildman–Crippen LogP) is 0.163. The smallest absolute Gasteiger partial charge is 0.307 e. The highest BCUT2D eigenvalue weighted by Crippen LogP contribution is 1.99. The summed E-state index contributed by atoms with van der Waals surface area (Å²) in [5, 5.41) is 10.4. The van der Waals surface area contributed by atoms with Crippen LogP contribution in [0.15, 0.2) is 0 Å². The fourth-order valence-corrected chi connectivity index (χ4v) is 0.699. The Kier molecular flexibility index (Phi) is 4.81. The minimum Gasteiger partial charge on any atom is -0.481 e. The van der Waals surface area contributed by atoms with Crippen LogP contribution in [0, 0.1) is 5.92 Å². The van der Waals surface area contributed by atoms with Gasteiger partial charge in [-0.1, -0.05) is 6.92 Å². The minimum absolute atomic E-state index is 0.280. The molecule has 1 unspecified atom stereocenters. The average Bonchev–Trinajstić information content (AvgIpc) is 1.87. The molecule has 0 bridgehead atoms. The average molecular weight is 160 g/mol. The number of hydrogen-bond acceptors (Lipinski definition) is 3. The molecule has 2 N–H and O–H groups in total. The van der Waals surface area contributed by atoms with Crippen molar-refractivity contribution in [1.29, 1.82) is 0 Å². The van der Waals surface area contributed by atoms with Gasteiger partial charge < -0.3 is 5.11 Å². The molecule has 0 aromatic carbocycles. The normalized spacial score (nSPS) is 13.5. The summed E-state index contributed by atoms with van der Waals surface area (Å²) < 4.78 is 0. The van der Waals surface area contributed by atoms with Crippen LogP contribution in [-0.2, 0) is 4.79 Å². The third-order valence-electron chi connectivity index (χ3n) is 1.50. The van der Waals surface area contributed by atoms with Gasteiger partial charge in [0.1, 0.15) is 0 Å². The Morgan fingerprint density at radius 1 is 1.64 bits per heavy atom. The highest BCUT2D eigenvalue weighted by Gasteiger charge is 2.13. The summed E-state index contributed by atoms with van der Waals surface area (Å²) in [7, 11) is 3.68. The van der Waals surface area contributed by atoms with Crippen molar-refractivity contribution in [3.8, 4) is 0 Å². The van der Waals surface area contributed by atoms with E-state index in [-0.39, 0.29) is 5.92 Å². The van der Waals surface area contributed by atoms with Crippen molar-refractivity contribution in [2.24, 2.45) is 5.92 Å². The molecule has 11 heavy (non-hydrogen) atoms. The molecule has 0 rings (SSSR count). The Morgan fingerprint density at radius 2 is 2.18 bits per heavy atom. The molecule has 0 amide bonds. The van der Waals surface area contributed by atoms with E-state index in [9.17, 15) is 4.79 Å². The lowest BCUT2D eigenvalue weighted by molar-refractivity contribution is -0.141. The fourth-order valence-electron chi connectivity index (χ4n) is 0.699. The number of carboxylic acid groups (broad SMARTS) is 1. The molecule has 0 radical (unpaired) electrons. The van der Waals surface area contributed by atoms with E-state index >= 15 is 0 Å². The predicted molar refractivity (Wildman–Crippen MR) is 43.1 cm³/mol. The van der Waals surface area contributed by atoms with E-state index in [4.69, 9.17) is 5.11 Å². The van der Waals surface area contributed by atoms with Crippen LogP contribution in [0.4, 0.5) is 0 Å². The highest BCUT2D eigenvalue weighted by atomic mass is 16.4. The first kappa shape index (κ1) is 10.4. The van der Waals surface area contributed by atoms with Crippen LogP contribution in [0.3, 0.4) is 0 Å². The molecule has 66 valence electrons. The monoisotopic (exact) mass is 160 g/mol. The van der Waals surface area contributed by atoms with Crippen molar-refractivity contribution >= 4 is 5.97 Å². The van der Waals surface area contributed by atoms with Gasteiger partial charge in [0.05, 0.1) is 5.92 Å². The Balaban J connectivity index is 3.61. The van der Waals surface area contributed by atoms with Gasteiger partial charge in [-0.15, -0.1) is 0 Å². The Hall–Kier alpha value is -0.610. The molecule has 0 saturated heterocycles. The summed E-state index contributed by atoms with van der Waals surface area (Å²) in [4.78, 5) is 10.5. The first-order valence-electron chi connectivity index (χ1n) is 3.71. The molecule has 0 aromatic rings. The molecule has 0 heterocycles. The number of rotatable bonds is 5. The molecule has 0 spiro atoms. The SMILES string of the molecule is CCC(CNN(C)C)C(=O)O. The Morgan fingerprint density at radius 3 is 2.45 bits per heavy atom. The third kappa shape index (κ3) is 4.75. The van der Waals surface area contributed by atoms with Gasteiger partial charge in [0.25, 0.3) is 0 Å². The van der Waals surface area contributed by atoms with Crippen molar-refractivity contribution in [2.75, 3.05) is 20.6 Å². The quantitative estimate of drug-likeness (QED) is 0.563. The summed E-state index contributed by atoms with van der Waals surface area (Å²) in [6, 6.07) is 0. The number of nitrogens with zero attached hydrogens (tertiary/aromatic N) is 1. The number of carboxylic acids is 1. The number of nitrogens with one attached hydrogen (secondary N) is 1. The Labute approximate surface area is 67.2 Å². The molecule has 4 nitrogen and oxygen atoms in total. The van der Waals surface area contributed by atoms with Crippen LogP contribution in [-0.4, -0.2) is 36.7 Å². The van der Waals surface area contributed by atoms with E-state index in [0.29, 0.717) is 13.0 Å². The first-order chi connectivity index (χ1) is 5.07. The Bertz CT molecular complexity index is 126. The molecule has 0 aromatic heterocycles. The van der Waals surface area contributed by atoms with Crippen molar-refractivity contribution in [3.63, 3.8) is 0 Å². The van der Waals surface area contributed by atoms with Gasteiger partial charge in [-0.05, 0) is 6.42 Å². The number of hydrogen-bond donors (Lipinski definition) is 2. The van der Waals surface area contributed by atoms with Gasteiger partial charge in [-0.3, -0.25) is 15.2 Å². The molecule has 0 aliphatic rings. The zero-order valence-electron chi connectivity index (χ0n) is 7.29. The maximum Gasteiger partial charge on any atom is 0.307 e. The second kappa shape index (κ2) is 5.09. The van der Waals surface area contributed by atoms with E-state index in [2.05, 4.69) is 5.43 Å². The second-order valence-electron chi connectivity index (χ2n) is 2.70. The summed E-state index contributed by atoms with van der Waals surface area (Å²) in [5.74, 6) is -1.01. The molecule has 0 aliphatic carbocycles. The molecule has 4 heteroatoms. The van der Waals surface area contributed by atoms with Crippen molar-refractivity contribution in [1.82, 2.24) is 10.4 Å². The molecule has 0 aliphatic heterocycles. The third-order valence-corrected chi connectivity index (χ3v) is 1.50. The van der Waals surface area contributed by atoms with Crippen molar-refractivity contribution in [3.05, 3.63) is 0 Å². The van der Waals surface area contributed by atoms with Crippen LogP contribution >= 0.6 is 0 Å². The molecule has 1 atom stereocenters. The minimum atomic E-state index is -0.734. The standard InChI is InChI=1S/C7H16N2O2/c1-4-6(7(10)11)5-8-9(2)3/h6,8H,4-5H2,1-3H3,(H,10,11). The lowest BCUT2D eigenvalue weighted by atomic mass is 10.1. The van der Waals surface area contributed by atoms with E-state index < -0.39 is 5.97 Å². The fraction of sp³-hybridized carbons (Fsp3) is 0.857. The zero-order valence-corrected chi connectivity index (χ0v) is 7.29. The molecule has 0 fully saturated rings. The number of aliphatic carboxylic acids is 1. The molecular weight excluding hydrogens is 144 g/mol. The van der Waals surface area contributed by atoms with Crippen molar-refractivity contribution in [2.45, 2.75) is 13.3 Å². The van der Waals surface area contributed by atoms with Crippen LogP contribution in [0.5, 0.6) is 0 Å². The zero-order chi connectivity index (χ0) is 8.85. The van der Waals surface area contributed by atoms with Gasteiger partial charge in [-0.25, -0.2) is 0 Å². The van der Waals surface area contributed by atoms with Gasteiger partial charge >= 0.3 is 5.97 Å². The van der Waals surface area contributed by atoms with Gasteiger partial charge in [0.15, 0.2) is 0 Å². The maximum absolute atomic E-state index is 10.5. The molecule has 0 saturated carbocycles. The van der Waals surface area contributed by atoms with E-state index in [1.807, 2.05) is 21.0 Å². The maximum atomic E-state index is 10.5. The summed E-state index contributed by atoms with van der Waals surface area (Å²) in [6.07, 6.45) is 0.663. The van der Waals surface area contributed by atoms with E-state index in [1.54, 1.807) is 5.01 Å². The molecular formula is C7H16N2O2. The second-order valence-corrected chi connectivity index (χ2v) is 2.70. The largest absolute Gasteiger partial charge is 0.481 e. The van der Waals surface area contributed by atoms with Crippen LogP contribution in [0.2, 0.25) is 0 Å². The highest BCUT2D eigenvalue weighted by molar-refractivity contribution is 5.70. The van der Waals surface area contributed by atoms with Gasteiger partial charge in [0, 0.05) is 20.6 Å². The topological polar surface area (TPSA) is 52.6 Å².